The number of alkyl halides is 3. The molecule has 0 radical (unpaired) electrons. The highest BCUT2D eigenvalue weighted by molar-refractivity contribution is 6.76. The van der Waals surface area contributed by atoms with Crippen LogP contribution in [-0.2, 0) is 4.74 Å². The third-order valence-corrected chi connectivity index (χ3v) is 1.12. The van der Waals surface area contributed by atoms with E-state index in [1.165, 1.54) is 6.08 Å². The predicted molar refractivity (Wildman–Crippen MR) is 44.2 cm³/mol. The number of nitrogens with one attached hydrogen (secondary N) is 1. The number of hydrogen-bond acceptors (Lipinski definition) is 2. The lowest BCUT2D eigenvalue weighted by Crippen LogP contribution is -2.20. The zero-order valence-electron chi connectivity index (χ0n) is 5.03. The Labute approximate surface area is 74.2 Å². The first kappa shape index (κ1) is 10.1. The molecule has 1 N–H and O–H groups in total. The van der Waals surface area contributed by atoms with Gasteiger partial charge in [0.25, 0.3) is 3.79 Å². The number of rotatable bonds is 2. The molecule has 58 valence electrons. The van der Waals surface area contributed by atoms with Crippen molar-refractivity contribution in [1.82, 2.24) is 0 Å². The third kappa shape index (κ3) is 3.99. The van der Waals surface area contributed by atoms with Gasteiger partial charge in [-0.05, 0) is 0 Å². The molecule has 0 aliphatic carbocycles. The molecule has 0 aromatic rings. The Kier molecular flexibility index (Phi) is 4.09. The van der Waals surface area contributed by atoms with E-state index in [1.54, 1.807) is 0 Å². The molecular weight excluding hydrogens is 196 g/mol. The highest BCUT2D eigenvalue weighted by Gasteiger charge is 2.27. The van der Waals surface area contributed by atoms with Gasteiger partial charge in [0, 0.05) is 0 Å². The third-order valence-electron chi connectivity index (χ3n) is 0.603. The molecular formula is C5H6Cl3NO. The van der Waals surface area contributed by atoms with Gasteiger partial charge < -0.3 is 4.74 Å². The van der Waals surface area contributed by atoms with E-state index in [0.717, 1.165) is 0 Å². The normalized spacial score (nSPS) is 10.7. The van der Waals surface area contributed by atoms with Crippen molar-refractivity contribution < 1.29 is 4.74 Å². The molecule has 0 rings (SSSR count). The summed E-state index contributed by atoms with van der Waals surface area (Å²) in [5.74, 6) is -0.391. The summed E-state index contributed by atoms with van der Waals surface area (Å²) < 4.78 is 2.86. The van der Waals surface area contributed by atoms with Crippen molar-refractivity contribution in [2.75, 3.05) is 6.61 Å². The quantitative estimate of drug-likeness (QED) is 0.317. The van der Waals surface area contributed by atoms with Crippen molar-refractivity contribution in [3.63, 3.8) is 0 Å². The van der Waals surface area contributed by atoms with E-state index in [-0.39, 0.29) is 6.61 Å². The van der Waals surface area contributed by atoms with E-state index < -0.39 is 9.69 Å². The van der Waals surface area contributed by atoms with Crippen LogP contribution in [0.5, 0.6) is 0 Å². The summed E-state index contributed by atoms with van der Waals surface area (Å²) in [4.78, 5) is 0. The fraction of sp³-hybridized carbons (Fsp3) is 0.400. The molecule has 0 spiro atoms. The van der Waals surface area contributed by atoms with Crippen LogP contribution in [0, 0.1) is 5.41 Å². The highest BCUT2D eigenvalue weighted by atomic mass is 35.6. The van der Waals surface area contributed by atoms with Gasteiger partial charge in [0.05, 0.1) is 0 Å². The van der Waals surface area contributed by atoms with Crippen molar-refractivity contribution in [1.29, 1.82) is 5.41 Å². The summed E-state index contributed by atoms with van der Waals surface area (Å²) in [6.07, 6.45) is 1.46. The Hall–Kier alpha value is 0.0800. The van der Waals surface area contributed by atoms with Crippen LogP contribution in [0.1, 0.15) is 0 Å². The summed E-state index contributed by atoms with van der Waals surface area (Å²) in [5.41, 5.74) is 0. The standard InChI is InChI=1S/C5H6Cl3NO/c1-2-3-10-4(9)5(6,7)8/h2,9H,1,3H2. The lowest BCUT2D eigenvalue weighted by atomic mass is 10.7. The molecule has 2 nitrogen and oxygen atoms in total. The summed E-state index contributed by atoms with van der Waals surface area (Å²) in [6, 6.07) is 0. The molecule has 0 unspecified atom stereocenters. The second-order valence-corrected chi connectivity index (χ2v) is 3.71. The maximum absolute atomic E-state index is 6.98. The van der Waals surface area contributed by atoms with Gasteiger partial charge in [-0.15, -0.1) is 0 Å². The number of halogens is 3. The molecule has 5 heteroatoms. The van der Waals surface area contributed by atoms with Crippen LogP contribution in [-0.4, -0.2) is 16.3 Å². The molecule has 0 amide bonds. The maximum Gasteiger partial charge on any atom is 0.265 e. The van der Waals surface area contributed by atoms with E-state index in [1.807, 2.05) is 0 Å². The fourth-order valence-electron chi connectivity index (χ4n) is 0.224. The Morgan fingerprint density at radius 2 is 2.10 bits per heavy atom. The van der Waals surface area contributed by atoms with E-state index in [0.29, 0.717) is 0 Å². The fourth-order valence-corrected chi connectivity index (χ4v) is 0.388. The van der Waals surface area contributed by atoms with Gasteiger partial charge >= 0.3 is 0 Å². The average Bonchev–Trinajstić information content (AvgIpc) is 1.80. The van der Waals surface area contributed by atoms with Gasteiger partial charge in [-0.2, -0.15) is 0 Å². The molecule has 0 aliphatic rings. The van der Waals surface area contributed by atoms with E-state index in [2.05, 4.69) is 11.3 Å². The van der Waals surface area contributed by atoms with Crippen molar-refractivity contribution in [2.24, 2.45) is 0 Å². The minimum atomic E-state index is -1.76. The van der Waals surface area contributed by atoms with Crippen molar-refractivity contribution in [3.8, 4) is 0 Å². The lowest BCUT2D eigenvalue weighted by Gasteiger charge is -2.11. The zero-order chi connectivity index (χ0) is 8.20. The molecule has 0 atom stereocenters. The van der Waals surface area contributed by atoms with Crippen molar-refractivity contribution in [2.45, 2.75) is 3.79 Å². The summed E-state index contributed by atoms with van der Waals surface area (Å²) in [5, 5.41) is 6.98. The lowest BCUT2D eigenvalue weighted by molar-refractivity contribution is 0.340. The number of ether oxygens (including phenoxy) is 1. The SMILES string of the molecule is C=CCOC(=N)C(Cl)(Cl)Cl. The molecule has 0 heterocycles. The predicted octanol–water partition coefficient (Wildman–Crippen LogP) is 2.54. The summed E-state index contributed by atoms with van der Waals surface area (Å²) >= 11 is 15.8. The highest BCUT2D eigenvalue weighted by Crippen LogP contribution is 2.27. The van der Waals surface area contributed by atoms with Gasteiger partial charge in [0.15, 0.2) is 0 Å². The molecule has 0 aromatic heterocycles. The van der Waals surface area contributed by atoms with Gasteiger partial charge in [-0.1, -0.05) is 47.5 Å². The van der Waals surface area contributed by atoms with E-state index in [9.17, 15) is 0 Å². The second kappa shape index (κ2) is 4.06. The van der Waals surface area contributed by atoms with Crippen LogP contribution in [0.15, 0.2) is 12.7 Å². The van der Waals surface area contributed by atoms with Gasteiger partial charge in [0.1, 0.15) is 6.61 Å². The first-order valence-electron chi connectivity index (χ1n) is 2.38. The first-order valence-corrected chi connectivity index (χ1v) is 3.51. The molecule has 0 fully saturated rings. The maximum atomic E-state index is 6.98. The Morgan fingerprint density at radius 1 is 1.60 bits per heavy atom. The minimum absolute atomic E-state index is 0.173. The monoisotopic (exact) mass is 201 g/mol. The topological polar surface area (TPSA) is 33.1 Å². The Morgan fingerprint density at radius 3 is 2.40 bits per heavy atom. The van der Waals surface area contributed by atoms with Crippen LogP contribution in [0.2, 0.25) is 0 Å². The zero-order valence-corrected chi connectivity index (χ0v) is 7.30. The van der Waals surface area contributed by atoms with Crippen molar-refractivity contribution >= 4 is 40.7 Å². The molecule has 0 aromatic carbocycles. The number of hydrogen-bond donors (Lipinski definition) is 1. The van der Waals surface area contributed by atoms with Crippen LogP contribution in [0.25, 0.3) is 0 Å². The second-order valence-electron chi connectivity index (χ2n) is 1.43. The smallest absolute Gasteiger partial charge is 0.265 e. The molecule has 10 heavy (non-hydrogen) atoms. The first-order chi connectivity index (χ1) is 4.48. The summed E-state index contributed by atoms with van der Waals surface area (Å²) in [7, 11) is 0. The van der Waals surface area contributed by atoms with Gasteiger partial charge in [-0.25, -0.2) is 0 Å². The van der Waals surface area contributed by atoms with Crippen LogP contribution >= 0.6 is 34.8 Å². The average molecular weight is 202 g/mol. The van der Waals surface area contributed by atoms with E-state index in [4.69, 9.17) is 40.2 Å². The Balaban J connectivity index is 3.74. The van der Waals surface area contributed by atoms with Crippen LogP contribution in [0.3, 0.4) is 0 Å². The van der Waals surface area contributed by atoms with Crippen LogP contribution in [0.4, 0.5) is 0 Å². The Bertz CT molecular complexity index is 140. The molecule has 0 aliphatic heterocycles. The van der Waals surface area contributed by atoms with Crippen molar-refractivity contribution in [3.05, 3.63) is 12.7 Å². The van der Waals surface area contributed by atoms with Gasteiger partial charge in [-0.3, -0.25) is 5.41 Å². The molecule has 0 saturated carbocycles. The molecule has 0 bridgehead atoms. The van der Waals surface area contributed by atoms with Crippen LogP contribution < -0.4 is 0 Å². The minimum Gasteiger partial charge on any atom is -0.474 e. The van der Waals surface area contributed by atoms with E-state index >= 15 is 0 Å². The summed E-state index contributed by atoms with van der Waals surface area (Å²) in [6.45, 7) is 3.54. The molecule has 0 saturated heterocycles. The largest absolute Gasteiger partial charge is 0.474 e. The van der Waals surface area contributed by atoms with Gasteiger partial charge in [0.2, 0.25) is 5.90 Å².